The van der Waals surface area contributed by atoms with Crippen LogP contribution in [0.1, 0.15) is 25.2 Å². The number of oxime groups is 1. The van der Waals surface area contributed by atoms with Gasteiger partial charge in [-0.2, -0.15) is 28.7 Å². The fraction of sp³-hybridized carbons (Fsp3) is 0.412. The SMILES string of the molecule is CC(C)(ON=C(C(=O)N[C@@H]1C(=O)N(S(=O)(=O)O)[C@H]1Cn1ncc(CC#N)n1)c1csc(N)n1)C(=O)O. The van der Waals surface area contributed by atoms with Crippen LogP contribution in [0, 0.1) is 11.3 Å². The molecule has 1 fully saturated rings. The van der Waals surface area contributed by atoms with Crippen molar-refractivity contribution in [3.05, 3.63) is 23.0 Å². The molecule has 1 saturated heterocycles. The molecule has 2 aromatic rings. The quantitative estimate of drug-likeness (QED) is 0.112. The van der Waals surface area contributed by atoms with Gasteiger partial charge < -0.3 is 21.0 Å². The molecule has 0 radical (unpaired) electrons. The molecule has 2 amide bonds. The summed E-state index contributed by atoms with van der Waals surface area (Å²) in [6, 6.07) is -0.974. The predicted molar refractivity (Wildman–Crippen MR) is 119 cm³/mol. The third-order valence-electron chi connectivity index (χ3n) is 4.76. The van der Waals surface area contributed by atoms with Crippen molar-refractivity contribution in [2.75, 3.05) is 5.73 Å². The van der Waals surface area contributed by atoms with E-state index in [1.54, 1.807) is 0 Å². The number of thiazole rings is 1. The van der Waals surface area contributed by atoms with Crippen molar-refractivity contribution < 1.29 is 37.3 Å². The first-order valence-corrected chi connectivity index (χ1v) is 12.1. The molecule has 0 bridgehead atoms. The Balaban J connectivity index is 1.88. The van der Waals surface area contributed by atoms with Crippen molar-refractivity contribution in [1.29, 1.82) is 5.26 Å². The molecule has 3 rings (SSSR count). The number of carboxylic acids is 1. The van der Waals surface area contributed by atoms with Gasteiger partial charge in [0.1, 0.15) is 17.8 Å². The Kier molecular flexibility index (Phi) is 7.23. The highest BCUT2D eigenvalue weighted by atomic mass is 32.2. The number of nitrogen functional groups attached to an aromatic ring is 1. The lowest BCUT2D eigenvalue weighted by Gasteiger charge is -2.43. The topological polar surface area (TPSA) is 256 Å². The van der Waals surface area contributed by atoms with E-state index >= 15 is 0 Å². The minimum Gasteiger partial charge on any atom is -0.478 e. The standard InChI is InChI=1S/C17H19N9O8S2/c1-17(2,15(29)30)34-24-11(9-7-35-16(19)21-9)13(27)22-12-10(26(14(12)28)36(31,32)33)6-25-20-5-8(23-25)3-4-18/h5,7,10,12H,3,6H2,1-2H3,(H2,19,21)(H,22,27)(H,29,30)(H,31,32,33)/t10-,12-/m0/s1. The molecule has 0 unspecified atom stereocenters. The third kappa shape index (κ3) is 5.56. The molecule has 5 N–H and O–H groups in total. The number of rotatable bonds is 10. The van der Waals surface area contributed by atoms with Gasteiger partial charge in [0.05, 0.1) is 30.9 Å². The number of nitrogens with two attached hydrogens (primary N) is 1. The number of nitriles is 1. The highest BCUT2D eigenvalue weighted by molar-refractivity contribution is 7.84. The monoisotopic (exact) mass is 541 g/mol. The number of carbonyl (C=O) groups is 3. The normalized spacial score (nSPS) is 18.3. The number of hydrogen-bond donors (Lipinski definition) is 4. The lowest BCUT2D eigenvalue weighted by Crippen LogP contribution is -2.73. The van der Waals surface area contributed by atoms with Crippen molar-refractivity contribution in [2.24, 2.45) is 5.16 Å². The van der Waals surface area contributed by atoms with Crippen LogP contribution in [0.2, 0.25) is 0 Å². The number of carboxylic acid groups (broad SMARTS) is 1. The van der Waals surface area contributed by atoms with E-state index < -0.39 is 51.5 Å². The Morgan fingerprint density at radius 3 is 2.69 bits per heavy atom. The molecule has 1 aliphatic heterocycles. The maximum absolute atomic E-state index is 13.0. The van der Waals surface area contributed by atoms with Gasteiger partial charge in [-0.3, -0.25) is 14.1 Å². The number of nitrogens with one attached hydrogen (secondary N) is 1. The maximum atomic E-state index is 13.0. The van der Waals surface area contributed by atoms with Gasteiger partial charge >= 0.3 is 16.3 Å². The molecule has 17 nitrogen and oxygen atoms in total. The number of nitrogens with zero attached hydrogens (tertiary/aromatic N) is 7. The molecule has 1 aliphatic rings. The molecule has 0 aromatic carbocycles. The smallest absolute Gasteiger partial charge is 0.362 e. The van der Waals surface area contributed by atoms with Gasteiger partial charge in [0.25, 0.3) is 11.8 Å². The second kappa shape index (κ2) is 9.84. The van der Waals surface area contributed by atoms with E-state index in [-0.39, 0.29) is 33.8 Å². The van der Waals surface area contributed by atoms with Crippen LogP contribution >= 0.6 is 11.3 Å². The zero-order chi connectivity index (χ0) is 26.8. The molecule has 2 atom stereocenters. The molecular weight excluding hydrogens is 522 g/mol. The van der Waals surface area contributed by atoms with Crippen LogP contribution in [-0.4, -0.2) is 83.5 Å². The highest BCUT2D eigenvalue weighted by Gasteiger charge is 2.54. The Morgan fingerprint density at radius 2 is 2.14 bits per heavy atom. The van der Waals surface area contributed by atoms with Crippen molar-refractivity contribution in [3.63, 3.8) is 0 Å². The molecule has 0 saturated carbocycles. The summed E-state index contributed by atoms with van der Waals surface area (Å²) in [5.74, 6) is -3.62. The fourth-order valence-corrected chi connectivity index (χ4v) is 4.32. The lowest BCUT2D eigenvalue weighted by molar-refractivity contribution is -0.161. The van der Waals surface area contributed by atoms with Crippen molar-refractivity contribution in [2.45, 2.75) is 44.5 Å². The minimum atomic E-state index is -5.00. The number of anilines is 1. The Morgan fingerprint density at radius 1 is 1.44 bits per heavy atom. The van der Waals surface area contributed by atoms with E-state index in [4.69, 9.17) is 15.8 Å². The number of carbonyl (C=O) groups excluding carboxylic acids is 2. The summed E-state index contributed by atoms with van der Waals surface area (Å²) >= 11 is 0.945. The van der Waals surface area contributed by atoms with Gasteiger partial charge in [-0.25, -0.2) is 14.1 Å². The summed E-state index contributed by atoms with van der Waals surface area (Å²) in [7, 11) is -5.00. The lowest BCUT2D eigenvalue weighted by atomic mass is 9.98. The predicted octanol–water partition coefficient (Wildman–Crippen LogP) is -1.83. The molecule has 0 spiro atoms. The van der Waals surface area contributed by atoms with Crippen LogP contribution in [0.4, 0.5) is 5.13 Å². The van der Waals surface area contributed by atoms with Gasteiger partial charge in [-0.1, -0.05) is 5.16 Å². The van der Waals surface area contributed by atoms with Gasteiger partial charge in [0, 0.05) is 5.38 Å². The summed E-state index contributed by atoms with van der Waals surface area (Å²) < 4.78 is 33.1. The average molecular weight is 542 g/mol. The molecule has 192 valence electrons. The van der Waals surface area contributed by atoms with Crippen molar-refractivity contribution in [3.8, 4) is 6.07 Å². The van der Waals surface area contributed by atoms with E-state index in [9.17, 15) is 32.5 Å². The summed E-state index contributed by atoms with van der Waals surface area (Å²) in [4.78, 5) is 46.8. The summed E-state index contributed by atoms with van der Waals surface area (Å²) in [5, 5.41) is 33.1. The van der Waals surface area contributed by atoms with E-state index in [1.807, 2.05) is 6.07 Å². The van der Waals surface area contributed by atoms with Gasteiger partial charge in [-0.15, -0.1) is 11.3 Å². The van der Waals surface area contributed by atoms with Gasteiger partial charge in [0.2, 0.25) is 5.60 Å². The number of aromatic nitrogens is 4. The largest absolute Gasteiger partial charge is 0.478 e. The molecule has 2 aromatic heterocycles. The number of amides is 2. The first kappa shape index (κ1) is 26.5. The molecule has 19 heteroatoms. The Bertz CT molecular complexity index is 1370. The van der Waals surface area contributed by atoms with Crippen LogP contribution in [0.5, 0.6) is 0 Å². The maximum Gasteiger partial charge on any atom is 0.362 e. The Labute approximate surface area is 207 Å². The average Bonchev–Trinajstić information content (AvgIpc) is 3.39. The molecule has 36 heavy (non-hydrogen) atoms. The van der Waals surface area contributed by atoms with Crippen molar-refractivity contribution in [1.82, 2.24) is 29.6 Å². The number of β-lactam (4-membered cyclic amide) rings is 1. The van der Waals surface area contributed by atoms with Crippen molar-refractivity contribution >= 4 is 50.3 Å². The van der Waals surface area contributed by atoms with E-state index in [2.05, 4.69) is 25.7 Å². The molecular formula is C17H19N9O8S2. The van der Waals surface area contributed by atoms with E-state index in [0.717, 1.165) is 16.1 Å². The third-order valence-corrected chi connectivity index (χ3v) is 6.38. The molecule has 3 heterocycles. The highest BCUT2D eigenvalue weighted by Crippen LogP contribution is 2.25. The second-order valence-electron chi connectivity index (χ2n) is 7.77. The van der Waals surface area contributed by atoms with Gasteiger partial charge in [-0.05, 0) is 13.8 Å². The zero-order valence-corrected chi connectivity index (χ0v) is 20.2. The van der Waals surface area contributed by atoms with E-state index in [0.29, 0.717) is 0 Å². The number of hydrogen-bond acceptors (Lipinski definition) is 13. The number of aliphatic carboxylic acids is 1. The first-order valence-electron chi connectivity index (χ1n) is 9.83. The summed E-state index contributed by atoms with van der Waals surface area (Å²) in [5.41, 5.74) is 3.40. The van der Waals surface area contributed by atoms with Crippen LogP contribution in [-0.2, 0) is 42.5 Å². The van der Waals surface area contributed by atoms with E-state index in [1.165, 1.54) is 25.4 Å². The molecule has 0 aliphatic carbocycles. The van der Waals surface area contributed by atoms with Crippen LogP contribution in [0.25, 0.3) is 0 Å². The van der Waals surface area contributed by atoms with Crippen LogP contribution in [0.15, 0.2) is 16.7 Å². The second-order valence-corrected chi connectivity index (χ2v) is 9.95. The summed E-state index contributed by atoms with van der Waals surface area (Å²) in [6.07, 6.45) is 1.18. The zero-order valence-electron chi connectivity index (χ0n) is 18.6. The minimum absolute atomic E-state index is 0.0519. The van der Waals surface area contributed by atoms with Crippen LogP contribution < -0.4 is 11.1 Å². The van der Waals surface area contributed by atoms with Crippen LogP contribution in [0.3, 0.4) is 0 Å². The Hall–Kier alpha value is -4.15. The summed E-state index contributed by atoms with van der Waals surface area (Å²) in [6.45, 7) is 1.98. The first-order chi connectivity index (χ1) is 16.7. The fourth-order valence-electron chi connectivity index (χ4n) is 2.90. The van der Waals surface area contributed by atoms with Gasteiger partial charge in [0.15, 0.2) is 10.8 Å².